The number of aryl methyl sites for hydroxylation is 1. The first-order valence-electron chi connectivity index (χ1n) is 7.82. The average Bonchev–Trinajstić information content (AvgIpc) is 2.97. The van der Waals surface area contributed by atoms with Crippen LogP contribution in [0.4, 0.5) is 10.2 Å². The van der Waals surface area contributed by atoms with E-state index >= 15 is 0 Å². The van der Waals surface area contributed by atoms with Gasteiger partial charge in [0.2, 0.25) is 0 Å². The Labute approximate surface area is 144 Å². The summed E-state index contributed by atoms with van der Waals surface area (Å²) in [7, 11) is 0. The molecule has 0 fully saturated rings. The Morgan fingerprint density at radius 2 is 2.00 bits per heavy atom. The molecule has 0 unspecified atom stereocenters. The molecule has 0 saturated carbocycles. The number of rotatable bonds is 5. The minimum Gasteiger partial charge on any atom is -0.368 e. The van der Waals surface area contributed by atoms with Crippen molar-refractivity contribution in [1.82, 2.24) is 19.8 Å². The largest absolute Gasteiger partial charge is 0.368 e. The average molecular weight is 348 g/mol. The van der Waals surface area contributed by atoms with E-state index < -0.39 is 5.41 Å². The molecule has 3 rings (SSSR count). The molecule has 24 heavy (non-hydrogen) atoms. The summed E-state index contributed by atoms with van der Waals surface area (Å²) >= 11 is 5.90. The van der Waals surface area contributed by atoms with Crippen molar-refractivity contribution < 1.29 is 4.39 Å². The van der Waals surface area contributed by atoms with Crippen LogP contribution >= 0.6 is 11.6 Å². The summed E-state index contributed by atoms with van der Waals surface area (Å²) in [6.07, 6.45) is 0.747. The topological polar surface area (TPSA) is 55.1 Å². The zero-order valence-electron chi connectivity index (χ0n) is 13.8. The summed E-state index contributed by atoms with van der Waals surface area (Å²) in [4.78, 5) is 0. The number of aromatic nitrogens is 4. The first kappa shape index (κ1) is 16.6. The minimum atomic E-state index is -0.452. The van der Waals surface area contributed by atoms with Gasteiger partial charge in [0.25, 0.3) is 0 Å². The molecule has 0 saturated heterocycles. The van der Waals surface area contributed by atoms with Gasteiger partial charge in [-0.2, -0.15) is 4.52 Å². The van der Waals surface area contributed by atoms with E-state index in [9.17, 15) is 4.39 Å². The lowest BCUT2D eigenvalue weighted by Crippen LogP contribution is -2.29. The molecule has 126 valence electrons. The summed E-state index contributed by atoms with van der Waals surface area (Å²) in [6.45, 7) is 6.43. The molecule has 7 heteroatoms. The maximum absolute atomic E-state index is 14.3. The van der Waals surface area contributed by atoms with Crippen molar-refractivity contribution in [2.24, 2.45) is 0 Å². The van der Waals surface area contributed by atoms with Gasteiger partial charge in [-0.3, -0.25) is 0 Å². The lowest BCUT2D eigenvalue weighted by molar-refractivity contribution is 0.504. The Morgan fingerprint density at radius 1 is 1.21 bits per heavy atom. The van der Waals surface area contributed by atoms with Crippen LogP contribution in [0.5, 0.6) is 0 Å². The van der Waals surface area contributed by atoms with Crippen LogP contribution in [0.2, 0.25) is 5.02 Å². The van der Waals surface area contributed by atoms with Crippen LogP contribution in [0.3, 0.4) is 0 Å². The van der Waals surface area contributed by atoms with Gasteiger partial charge < -0.3 is 5.32 Å². The number of hydrogen-bond acceptors (Lipinski definition) is 4. The number of fused-ring (bicyclic) bond motifs is 1. The molecule has 0 bridgehead atoms. The standard InChI is InChI=1S/C17H19ClFN5/c1-4-14-21-22-15-9-8-13(23-24(14)15)20-10-17(2,3)11-6-5-7-12(18)16(11)19/h5-9H,4,10H2,1-3H3,(H,20,23). The Kier molecular flexibility index (Phi) is 4.41. The molecular formula is C17H19ClFN5. The van der Waals surface area contributed by atoms with E-state index in [0.717, 1.165) is 12.2 Å². The number of hydrogen-bond donors (Lipinski definition) is 1. The second-order valence-electron chi connectivity index (χ2n) is 6.30. The van der Waals surface area contributed by atoms with E-state index in [4.69, 9.17) is 11.6 Å². The number of halogens is 2. The fourth-order valence-electron chi connectivity index (χ4n) is 2.58. The van der Waals surface area contributed by atoms with Gasteiger partial charge in [0.05, 0.1) is 5.02 Å². The van der Waals surface area contributed by atoms with Crippen LogP contribution in [-0.4, -0.2) is 26.4 Å². The van der Waals surface area contributed by atoms with Crippen LogP contribution in [-0.2, 0) is 11.8 Å². The molecule has 0 aliphatic heterocycles. The zero-order valence-corrected chi connectivity index (χ0v) is 14.6. The molecule has 3 aromatic rings. The third kappa shape index (κ3) is 3.06. The van der Waals surface area contributed by atoms with Crippen molar-refractivity contribution >= 4 is 23.1 Å². The van der Waals surface area contributed by atoms with Crippen molar-refractivity contribution in [2.75, 3.05) is 11.9 Å². The molecule has 0 atom stereocenters. The number of anilines is 1. The highest BCUT2D eigenvalue weighted by Crippen LogP contribution is 2.29. The third-order valence-electron chi connectivity index (χ3n) is 4.04. The van der Waals surface area contributed by atoms with Crippen LogP contribution in [0.25, 0.3) is 5.65 Å². The molecule has 1 N–H and O–H groups in total. The fraction of sp³-hybridized carbons (Fsp3) is 0.353. The highest BCUT2D eigenvalue weighted by molar-refractivity contribution is 6.30. The number of nitrogens with one attached hydrogen (secondary N) is 1. The predicted molar refractivity (Wildman–Crippen MR) is 93.1 cm³/mol. The maximum atomic E-state index is 14.3. The predicted octanol–water partition coefficient (Wildman–Crippen LogP) is 3.87. The van der Waals surface area contributed by atoms with Crippen LogP contribution in [0.15, 0.2) is 30.3 Å². The second-order valence-corrected chi connectivity index (χ2v) is 6.70. The van der Waals surface area contributed by atoms with Crippen LogP contribution in [0.1, 0.15) is 32.2 Å². The van der Waals surface area contributed by atoms with Crippen LogP contribution < -0.4 is 5.32 Å². The molecule has 1 aromatic carbocycles. The Bertz CT molecular complexity index is 875. The summed E-state index contributed by atoms with van der Waals surface area (Å²) in [5.74, 6) is 1.11. The number of benzene rings is 1. The lowest BCUT2D eigenvalue weighted by Gasteiger charge is -2.26. The van der Waals surface area contributed by atoms with E-state index in [2.05, 4.69) is 20.6 Å². The normalized spacial score (nSPS) is 11.9. The van der Waals surface area contributed by atoms with Crippen molar-refractivity contribution in [2.45, 2.75) is 32.6 Å². The Hall–Kier alpha value is -2.21. The summed E-state index contributed by atoms with van der Waals surface area (Å²) in [5, 5.41) is 16.1. The summed E-state index contributed by atoms with van der Waals surface area (Å²) < 4.78 is 16.0. The van der Waals surface area contributed by atoms with Gasteiger partial charge >= 0.3 is 0 Å². The molecule has 2 heterocycles. The van der Waals surface area contributed by atoms with Crippen molar-refractivity contribution in [3.8, 4) is 0 Å². The lowest BCUT2D eigenvalue weighted by atomic mass is 9.84. The van der Waals surface area contributed by atoms with Gasteiger partial charge in [0.1, 0.15) is 11.6 Å². The van der Waals surface area contributed by atoms with Gasteiger partial charge in [-0.25, -0.2) is 4.39 Å². The molecular weight excluding hydrogens is 329 g/mol. The first-order chi connectivity index (χ1) is 11.4. The van der Waals surface area contributed by atoms with Gasteiger partial charge in [-0.05, 0) is 23.8 Å². The Morgan fingerprint density at radius 3 is 2.75 bits per heavy atom. The smallest absolute Gasteiger partial charge is 0.178 e. The summed E-state index contributed by atoms with van der Waals surface area (Å²) in [5.41, 5.74) is 0.825. The van der Waals surface area contributed by atoms with Gasteiger partial charge in [-0.15, -0.1) is 15.3 Å². The molecule has 0 radical (unpaired) electrons. The molecule has 2 aromatic heterocycles. The van der Waals surface area contributed by atoms with Gasteiger partial charge in [-0.1, -0.05) is 44.5 Å². The van der Waals surface area contributed by atoms with Gasteiger partial charge in [0.15, 0.2) is 11.5 Å². The molecule has 0 spiro atoms. The highest BCUT2D eigenvalue weighted by Gasteiger charge is 2.25. The molecule has 5 nitrogen and oxygen atoms in total. The monoisotopic (exact) mass is 347 g/mol. The number of nitrogens with zero attached hydrogens (tertiary/aromatic N) is 4. The minimum absolute atomic E-state index is 0.136. The SMILES string of the molecule is CCc1nnc2ccc(NCC(C)(C)c3cccc(Cl)c3F)nn12. The molecule has 0 amide bonds. The van der Waals surface area contributed by atoms with E-state index in [1.165, 1.54) is 0 Å². The van der Waals surface area contributed by atoms with E-state index in [-0.39, 0.29) is 10.8 Å². The fourth-order valence-corrected chi connectivity index (χ4v) is 2.76. The zero-order chi connectivity index (χ0) is 17.3. The van der Waals surface area contributed by atoms with Crippen molar-refractivity contribution in [3.63, 3.8) is 0 Å². The van der Waals surface area contributed by atoms with E-state index in [0.29, 0.717) is 23.6 Å². The van der Waals surface area contributed by atoms with E-state index in [1.54, 1.807) is 22.7 Å². The quantitative estimate of drug-likeness (QED) is 0.761. The molecule has 0 aliphatic carbocycles. The summed E-state index contributed by atoms with van der Waals surface area (Å²) in [6, 6.07) is 8.77. The van der Waals surface area contributed by atoms with Crippen molar-refractivity contribution in [1.29, 1.82) is 0 Å². The Balaban J connectivity index is 1.82. The van der Waals surface area contributed by atoms with Crippen molar-refractivity contribution in [3.05, 3.63) is 52.6 Å². The second kappa shape index (κ2) is 6.36. The third-order valence-corrected chi connectivity index (χ3v) is 4.33. The highest BCUT2D eigenvalue weighted by atomic mass is 35.5. The molecule has 0 aliphatic rings. The first-order valence-corrected chi connectivity index (χ1v) is 8.20. The van der Waals surface area contributed by atoms with Gasteiger partial charge in [0, 0.05) is 18.4 Å². The van der Waals surface area contributed by atoms with Crippen LogP contribution in [0, 0.1) is 5.82 Å². The van der Waals surface area contributed by atoms with E-state index in [1.807, 2.05) is 32.9 Å². The maximum Gasteiger partial charge on any atom is 0.178 e.